The van der Waals surface area contributed by atoms with Crippen LogP contribution in [-0.4, -0.2) is 28.2 Å². The van der Waals surface area contributed by atoms with E-state index >= 15 is 0 Å². The third kappa shape index (κ3) is 3.28. The first kappa shape index (κ1) is 12.1. The van der Waals surface area contributed by atoms with Gasteiger partial charge in [0.2, 0.25) is 6.29 Å². The largest absolute Gasteiger partial charge is 0.347 e. The van der Waals surface area contributed by atoms with Crippen LogP contribution in [0.2, 0.25) is 0 Å². The molecule has 1 heterocycles. The molecule has 0 aliphatic rings. The minimum atomic E-state index is -0.396. The van der Waals surface area contributed by atoms with E-state index < -0.39 is 6.29 Å². The molecule has 0 saturated carbocycles. The van der Waals surface area contributed by atoms with Gasteiger partial charge in [-0.3, -0.25) is 0 Å². The van der Waals surface area contributed by atoms with Crippen LogP contribution in [0.15, 0.2) is 6.20 Å². The molecule has 5 nitrogen and oxygen atoms in total. The Kier molecular flexibility index (Phi) is 4.71. The predicted molar refractivity (Wildman–Crippen MR) is 56.4 cm³/mol. The quantitative estimate of drug-likeness (QED) is 0.677. The van der Waals surface area contributed by atoms with Crippen molar-refractivity contribution < 1.29 is 9.47 Å². The van der Waals surface area contributed by atoms with Gasteiger partial charge in [-0.05, 0) is 27.7 Å². The van der Waals surface area contributed by atoms with Crippen LogP contribution in [-0.2, 0) is 9.47 Å². The van der Waals surface area contributed by atoms with E-state index in [-0.39, 0.29) is 0 Å². The zero-order chi connectivity index (χ0) is 11.3. The molecule has 0 bridgehead atoms. The van der Waals surface area contributed by atoms with Crippen molar-refractivity contribution in [1.82, 2.24) is 15.0 Å². The molecule has 1 aromatic heterocycles. The SMILES string of the molecule is CCOC(OCC)c1cn(C(C)C)nn1. The van der Waals surface area contributed by atoms with Crippen LogP contribution in [0, 0.1) is 0 Å². The summed E-state index contributed by atoms with van der Waals surface area (Å²) in [7, 11) is 0. The van der Waals surface area contributed by atoms with Crippen molar-refractivity contribution in [1.29, 1.82) is 0 Å². The maximum Gasteiger partial charge on any atom is 0.204 e. The zero-order valence-electron chi connectivity index (χ0n) is 9.80. The Balaban J connectivity index is 2.72. The Morgan fingerprint density at radius 1 is 1.27 bits per heavy atom. The molecule has 0 amide bonds. The molecule has 0 saturated heterocycles. The Morgan fingerprint density at radius 3 is 2.27 bits per heavy atom. The van der Waals surface area contributed by atoms with E-state index in [1.165, 1.54) is 0 Å². The number of hydrogen-bond acceptors (Lipinski definition) is 4. The van der Waals surface area contributed by atoms with E-state index in [0.29, 0.717) is 19.3 Å². The summed E-state index contributed by atoms with van der Waals surface area (Å²) in [5.41, 5.74) is 0.729. The number of aromatic nitrogens is 3. The van der Waals surface area contributed by atoms with Gasteiger partial charge in [0, 0.05) is 19.3 Å². The summed E-state index contributed by atoms with van der Waals surface area (Å²) in [5, 5.41) is 8.05. The van der Waals surface area contributed by atoms with Crippen molar-refractivity contribution in [2.75, 3.05) is 13.2 Å². The Morgan fingerprint density at radius 2 is 1.87 bits per heavy atom. The summed E-state index contributed by atoms with van der Waals surface area (Å²) >= 11 is 0. The lowest BCUT2D eigenvalue weighted by atomic mass is 10.4. The first-order valence-electron chi connectivity index (χ1n) is 5.34. The summed E-state index contributed by atoms with van der Waals surface area (Å²) < 4.78 is 12.6. The monoisotopic (exact) mass is 213 g/mol. The van der Waals surface area contributed by atoms with Crippen LogP contribution < -0.4 is 0 Å². The van der Waals surface area contributed by atoms with Crippen molar-refractivity contribution in [2.24, 2.45) is 0 Å². The van der Waals surface area contributed by atoms with Gasteiger partial charge >= 0.3 is 0 Å². The fraction of sp³-hybridized carbons (Fsp3) is 0.800. The molecular weight excluding hydrogens is 194 g/mol. The van der Waals surface area contributed by atoms with Gasteiger partial charge in [0.1, 0.15) is 5.69 Å². The Bertz CT molecular complexity index is 280. The second-order valence-electron chi connectivity index (χ2n) is 3.46. The van der Waals surface area contributed by atoms with Crippen LogP contribution in [0.4, 0.5) is 0 Å². The van der Waals surface area contributed by atoms with Crippen LogP contribution in [0.1, 0.15) is 45.7 Å². The molecule has 1 rings (SSSR count). The molecule has 5 heteroatoms. The van der Waals surface area contributed by atoms with Crippen molar-refractivity contribution >= 4 is 0 Å². The smallest absolute Gasteiger partial charge is 0.204 e. The highest BCUT2D eigenvalue weighted by Crippen LogP contribution is 2.16. The number of ether oxygens (including phenoxy) is 2. The van der Waals surface area contributed by atoms with E-state index in [9.17, 15) is 0 Å². The fourth-order valence-corrected chi connectivity index (χ4v) is 1.17. The molecule has 86 valence electrons. The van der Waals surface area contributed by atoms with E-state index in [4.69, 9.17) is 9.47 Å². The maximum absolute atomic E-state index is 5.42. The lowest BCUT2D eigenvalue weighted by molar-refractivity contribution is -0.142. The van der Waals surface area contributed by atoms with Gasteiger partial charge in [0.25, 0.3) is 0 Å². The molecule has 0 spiro atoms. The van der Waals surface area contributed by atoms with Gasteiger partial charge in [0.15, 0.2) is 0 Å². The summed E-state index contributed by atoms with van der Waals surface area (Å²) in [4.78, 5) is 0. The average Bonchev–Trinajstić information content (AvgIpc) is 2.66. The normalized spacial score (nSPS) is 11.6. The lowest BCUT2D eigenvalue weighted by Gasteiger charge is -2.13. The van der Waals surface area contributed by atoms with Gasteiger partial charge in [-0.1, -0.05) is 5.21 Å². The molecule has 0 N–H and O–H groups in total. The van der Waals surface area contributed by atoms with Gasteiger partial charge < -0.3 is 9.47 Å². The summed E-state index contributed by atoms with van der Waals surface area (Å²) in [5.74, 6) is 0. The molecule has 0 radical (unpaired) electrons. The minimum Gasteiger partial charge on any atom is -0.347 e. The van der Waals surface area contributed by atoms with Crippen molar-refractivity contribution in [3.63, 3.8) is 0 Å². The van der Waals surface area contributed by atoms with Gasteiger partial charge in [0.05, 0.1) is 6.20 Å². The molecular formula is C10H19N3O2. The Labute approximate surface area is 90.4 Å². The zero-order valence-corrected chi connectivity index (χ0v) is 9.80. The van der Waals surface area contributed by atoms with E-state index in [0.717, 1.165) is 5.69 Å². The molecule has 0 aliphatic heterocycles. The molecule has 15 heavy (non-hydrogen) atoms. The third-order valence-corrected chi connectivity index (χ3v) is 1.93. The number of rotatable bonds is 6. The Hall–Kier alpha value is -0.940. The molecule has 1 aromatic rings. The highest BCUT2D eigenvalue weighted by atomic mass is 16.7. The molecule has 0 atom stereocenters. The minimum absolute atomic E-state index is 0.301. The summed E-state index contributed by atoms with van der Waals surface area (Å²) in [6.07, 6.45) is 1.47. The van der Waals surface area contributed by atoms with Crippen LogP contribution >= 0.6 is 0 Å². The van der Waals surface area contributed by atoms with Gasteiger partial charge in [-0.2, -0.15) is 0 Å². The summed E-state index contributed by atoms with van der Waals surface area (Å²) in [6.45, 7) is 9.15. The van der Waals surface area contributed by atoms with Crippen molar-refractivity contribution in [3.8, 4) is 0 Å². The van der Waals surface area contributed by atoms with E-state index in [1.54, 1.807) is 4.68 Å². The number of hydrogen-bond donors (Lipinski definition) is 0. The average molecular weight is 213 g/mol. The fourth-order valence-electron chi connectivity index (χ4n) is 1.17. The maximum atomic E-state index is 5.42. The van der Waals surface area contributed by atoms with Gasteiger partial charge in [-0.25, -0.2) is 4.68 Å². The molecule has 0 unspecified atom stereocenters. The standard InChI is InChI=1S/C10H19N3O2/c1-5-14-10(15-6-2)9-7-13(8(3)4)12-11-9/h7-8,10H,5-6H2,1-4H3. The van der Waals surface area contributed by atoms with Gasteiger partial charge in [-0.15, -0.1) is 5.10 Å². The van der Waals surface area contributed by atoms with E-state index in [1.807, 2.05) is 20.0 Å². The topological polar surface area (TPSA) is 49.2 Å². The molecule has 0 fully saturated rings. The summed E-state index contributed by atoms with van der Waals surface area (Å²) in [6, 6.07) is 0.301. The first-order chi connectivity index (χ1) is 7.19. The van der Waals surface area contributed by atoms with Crippen LogP contribution in [0.5, 0.6) is 0 Å². The first-order valence-corrected chi connectivity index (χ1v) is 5.34. The lowest BCUT2D eigenvalue weighted by Crippen LogP contribution is -2.09. The second-order valence-corrected chi connectivity index (χ2v) is 3.46. The number of nitrogens with zero attached hydrogens (tertiary/aromatic N) is 3. The van der Waals surface area contributed by atoms with E-state index in [2.05, 4.69) is 24.2 Å². The highest BCUT2D eigenvalue weighted by molar-refractivity contribution is 4.95. The van der Waals surface area contributed by atoms with Crippen molar-refractivity contribution in [3.05, 3.63) is 11.9 Å². The second kappa shape index (κ2) is 5.82. The molecule has 0 aromatic carbocycles. The van der Waals surface area contributed by atoms with Crippen molar-refractivity contribution in [2.45, 2.75) is 40.0 Å². The third-order valence-electron chi connectivity index (χ3n) is 1.93. The van der Waals surface area contributed by atoms with Crippen LogP contribution in [0.25, 0.3) is 0 Å². The molecule has 0 aliphatic carbocycles. The predicted octanol–water partition coefficient (Wildman–Crippen LogP) is 1.93. The van der Waals surface area contributed by atoms with Crippen LogP contribution in [0.3, 0.4) is 0 Å². The highest BCUT2D eigenvalue weighted by Gasteiger charge is 2.16.